The molecule has 830 valence electrons. The van der Waals surface area contributed by atoms with Gasteiger partial charge in [0.15, 0.2) is 0 Å². The molecule has 0 fully saturated rings. The van der Waals surface area contributed by atoms with Crippen molar-refractivity contribution in [2.24, 2.45) is 0 Å². The first kappa shape index (κ1) is 1970. The lowest BCUT2D eigenvalue weighted by Gasteiger charge is -2.04. The molecule has 0 heterocycles. The van der Waals surface area contributed by atoms with Gasteiger partial charge < -0.3 is 0 Å². The zero-order valence-electron chi connectivity index (χ0n) is 15.7. The van der Waals surface area contributed by atoms with Crippen molar-refractivity contribution in [3.8, 4) is 22.3 Å². The van der Waals surface area contributed by atoms with E-state index >= 15 is 0 Å². The summed E-state index contributed by atoms with van der Waals surface area (Å²) in [5.74, 6) is 0. The molecule has 0 saturated carbocycles. The fourth-order valence-electron chi connectivity index (χ4n) is 2.91. The first-order chi connectivity index (χ1) is 13.1. The Kier molecular flexibility index (Phi) is 18300. The zero-order valence-corrected chi connectivity index (χ0v) is 16.4. The van der Waals surface area contributed by atoms with Crippen LogP contribution >= 0.6 is 11.6 Å². The maximum Gasteiger partial charge on any atom is 0.0414 e. The lowest BCUT2D eigenvalue weighted by molar-refractivity contribution is 1.44. The van der Waals surface area contributed by atoms with E-state index in [1.807, 2.05) is 24.3 Å². The van der Waals surface area contributed by atoms with Crippen LogP contribution in [0.5, 0.6) is 0 Å². The molecular formula is C113H371Cl. The molecule has 4 aromatic carbocycles. The van der Waals surface area contributed by atoms with Crippen LogP contribution in [0.3, 0.4) is 0 Å². The normalized spacial score (nSPS) is 2.38. The van der Waals surface area contributed by atoms with Gasteiger partial charge in [0.25, 0.3) is 0 Å². The Bertz CT molecular complexity index is 916. The molecule has 0 unspecified atom stereocenters. The third kappa shape index (κ3) is 685. The van der Waals surface area contributed by atoms with Gasteiger partial charge in [0.2, 0.25) is 0 Å². The van der Waals surface area contributed by atoms with Gasteiger partial charge in [0, 0.05) is 5.02 Å². The number of hydrogen-bond donors (Lipinski definition) is 0. The van der Waals surface area contributed by atoms with Gasteiger partial charge in [0.05, 0.1) is 0 Å². The van der Waals surface area contributed by atoms with Crippen molar-refractivity contribution in [3.05, 3.63) is 119 Å². The Morgan fingerprint density at radius 3 is 0.342 bits per heavy atom. The fourth-order valence-corrected chi connectivity index (χ4v) is 3.20. The molecule has 0 bridgehead atoms. The zero-order chi connectivity index (χ0) is 19.1. The molecule has 0 aliphatic carbocycles. The van der Waals surface area contributed by atoms with E-state index < -0.39 is 0 Å². The lowest BCUT2D eigenvalue weighted by atomic mass is 10.0. The summed E-state index contributed by atoms with van der Waals surface area (Å²) in [4.78, 5) is 0. The van der Waals surface area contributed by atoms with Gasteiger partial charge in [-0.3, -0.25) is 0 Å². The highest BCUT2D eigenvalue weighted by Crippen LogP contribution is 2.24. The number of aryl methyl sites for hydroxylation is 2. The summed E-state index contributed by atoms with van der Waals surface area (Å²) < 4.78 is 0. The van der Waals surface area contributed by atoms with Crippen molar-refractivity contribution < 1.29 is 0 Å². The van der Waals surface area contributed by atoms with Crippen molar-refractivity contribution in [2.75, 3.05) is 0 Å². The van der Waals surface area contributed by atoms with Crippen molar-refractivity contribution in [1.29, 1.82) is 0 Å². The van der Waals surface area contributed by atoms with Gasteiger partial charge in [-0.2, -0.15) is 0 Å². The average molecular weight is 1770 g/mol. The second-order valence-corrected chi connectivity index (χ2v) is 7.05. The maximum atomic E-state index is 6.03. The molecule has 0 amide bonds. The van der Waals surface area contributed by atoms with Gasteiger partial charge in [-0.15, -0.1) is 0 Å². The molecule has 0 spiro atoms. The van der Waals surface area contributed by atoms with E-state index in [1.165, 1.54) is 33.4 Å². The van der Waals surface area contributed by atoms with E-state index in [-0.39, 0.29) is 646 Å². The summed E-state index contributed by atoms with van der Waals surface area (Å²) in [5.41, 5.74) is 7.41. The van der Waals surface area contributed by atoms with Crippen LogP contribution in [0, 0.1) is 13.8 Å². The molecule has 0 aromatic heterocycles. The third-order valence-electron chi connectivity index (χ3n) is 4.31. The molecular weight excluding hydrogens is 1390 g/mol. The quantitative estimate of drug-likeness (QED) is 0.188. The van der Waals surface area contributed by atoms with E-state index in [0.717, 1.165) is 5.02 Å². The van der Waals surface area contributed by atoms with Crippen LogP contribution in [0.25, 0.3) is 22.3 Å². The van der Waals surface area contributed by atoms with Crippen LogP contribution in [-0.2, 0) is 0 Å². The van der Waals surface area contributed by atoms with Crippen LogP contribution < -0.4 is 0 Å². The number of benzene rings is 4. The Morgan fingerprint density at radius 2 is 0.228 bits per heavy atom. The largest absolute Gasteiger partial charge is 0.0843 e. The lowest BCUT2D eigenvalue weighted by Crippen LogP contribution is -1.81. The molecule has 0 saturated heterocycles. The first-order valence-electron chi connectivity index (χ1n) is 9.06. The number of hydrogen-bond acceptors (Lipinski definition) is 0. The van der Waals surface area contributed by atoms with Gasteiger partial charge in [-0.1, -0.05) is 754 Å². The Hall–Kier alpha value is -2.83. The molecule has 0 aliphatic heterocycles. The van der Waals surface area contributed by atoms with Gasteiger partial charge in [-0.05, 0) is 53.8 Å². The molecule has 0 nitrogen and oxygen atoms in total. The van der Waals surface area contributed by atoms with Crippen LogP contribution in [0.2, 0.25) is 5.02 Å². The molecule has 1 heteroatoms. The summed E-state index contributed by atoms with van der Waals surface area (Å²) in [6.07, 6.45) is 0. The smallest absolute Gasteiger partial charge is 0.0414 e. The van der Waals surface area contributed by atoms with Crippen LogP contribution in [-0.4, -0.2) is 0 Å². The molecule has 4 rings (SSSR count). The van der Waals surface area contributed by atoms with E-state index in [9.17, 15) is 0 Å². The Morgan fingerprint density at radius 1 is 0.114 bits per heavy atom. The molecule has 0 atom stereocenters. The summed E-state index contributed by atoms with van der Waals surface area (Å²) >= 11 is 6.03. The monoisotopic (exact) mass is 1760 g/mol. The summed E-state index contributed by atoms with van der Waals surface area (Å²) in [5, 5.41) is 0.797. The minimum atomic E-state index is 0. The minimum absolute atomic E-state index is 0. The maximum absolute atomic E-state index is 6.03. The van der Waals surface area contributed by atoms with E-state index in [4.69, 9.17) is 11.6 Å². The highest BCUT2D eigenvalue weighted by atomic mass is 35.5. The Labute approximate surface area is 808 Å². The van der Waals surface area contributed by atoms with Crippen molar-refractivity contribution in [2.45, 2.75) is 660 Å². The highest BCUT2D eigenvalue weighted by Gasteiger charge is 1.99. The third-order valence-corrected chi connectivity index (χ3v) is 4.53. The molecule has 114 heavy (non-hydrogen) atoms. The van der Waals surface area contributed by atoms with Gasteiger partial charge >= 0.3 is 0 Å². The number of halogens is 1. The second kappa shape index (κ2) is 1060. The summed E-state index contributed by atoms with van der Waals surface area (Å²) in [6, 6.07) is 35.4. The van der Waals surface area contributed by atoms with Gasteiger partial charge in [-0.25, -0.2) is 0 Å². The van der Waals surface area contributed by atoms with Gasteiger partial charge in [0.1, 0.15) is 0 Å². The molecule has 0 aliphatic rings. The van der Waals surface area contributed by atoms with E-state index in [0.29, 0.717) is 0 Å². The summed E-state index contributed by atoms with van der Waals surface area (Å²) in [6.45, 7) is 4.15. The number of rotatable bonds is 2. The molecule has 4 aromatic rings. The topological polar surface area (TPSA) is 0 Å². The highest BCUT2D eigenvalue weighted by molar-refractivity contribution is 6.31. The Balaban J connectivity index is -0.00000000101. The predicted octanol–water partition coefficient (Wildman–Crippen LogP) is 63.3. The standard InChI is InChI=1S/C14H13Cl.C12H10.87CH4/c1-10-3-5-12(6-4-10)13-7-11(2)8-14(15)9-13;1-3-7-11(8-4-1)12-9-5-2-6-10-12;;;;;;;;;;;;;;;;;;;;;;;;;;;;;;;;;;;;;;;;;;;;;;;;;;;;;;;;;;;;;;;;;;;;;;;;;;;;;;;;;;;;;;;/h3-9H,1-2H3;1-10H;87*1H4. The van der Waals surface area contributed by atoms with Crippen LogP contribution in [0.1, 0.15) is 657 Å². The average Bonchev–Trinajstić information content (AvgIpc) is 2.70. The predicted molar refractivity (Wildman–Crippen MR) is 704 cm³/mol. The van der Waals surface area contributed by atoms with Crippen molar-refractivity contribution in [1.82, 2.24) is 0 Å². The molecule has 0 N–H and O–H groups in total. The van der Waals surface area contributed by atoms with E-state index in [2.05, 4.69) is 92.7 Å². The van der Waals surface area contributed by atoms with Crippen molar-refractivity contribution >= 4 is 11.6 Å². The van der Waals surface area contributed by atoms with Crippen LogP contribution in [0.4, 0.5) is 0 Å². The van der Waals surface area contributed by atoms with Crippen LogP contribution in [0.15, 0.2) is 103 Å². The molecule has 0 radical (unpaired) electrons. The SMILES string of the molecule is C.C.C.C.C.C.C.C.C.C.C.C.C.C.C.C.C.C.C.C.C.C.C.C.C.C.C.C.C.C.C.C.C.C.C.C.C.C.C.C.C.C.C.C.C.C.C.C.C.C.C.C.C.C.C.C.C.C.C.C.C.C.C.C.C.C.C.C.C.C.C.C.C.C.C.C.C.C.C.C.C.C.C.C.C.C.C.Cc1ccc(-c2cc(C)cc(Cl)c2)cc1.c1ccc(-c2ccccc2)cc1. The van der Waals surface area contributed by atoms with E-state index in [1.54, 1.807) is 0 Å². The van der Waals surface area contributed by atoms with Crippen molar-refractivity contribution in [3.63, 3.8) is 0 Å². The minimum Gasteiger partial charge on any atom is -0.0843 e. The second-order valence-electron chi connectivity index (χ2n) is 6.62. The first-order valence-corrected chi connectivity index (χ1v) is 9.44. The fraction of sp³-hybridized carbons (Fsp3) is 0.788. The summed E-state index contributed by atoms with van der Waals surface area (Å²) in [7, 11) is 0.